The van der Waals surface area contributed by atoms with E-state index in [9.17, 15) is 18.0 Å². The topological polar surface area (TPSA) is 44.4 Å². The van der Waals surface area contributed by atoms with Crippen molar-refractivity contribution >= 4 is 28.9 Å². The van der Waals surface area contributed by atoms with Crippen LogP contribution in [0.4, 0.5) is 24.5 Å². The molecule has 0 aromatic heterocycles. The maximum absolute atomic E-state index is 13.2. The van der Waals surface area contributed by atoms with E-state index < -0.39 is 17.6 Å². The summed E-state index contributed by atoms with van der Waals surface area (Å²) in [6.45, 7) is 3.18. The molecule has 2 aromatic rings. The summed E-state index contributed by atoms with van der Waals surface area (Å²) >= 11 is 6.09. The summed E-state index contributed by atoms with van der Waals surface area (Å²) in [5.74, 6) is -0.558. The molecule has 0 bridgehead atoms. The highest BCUT2D eigenvalue weighted by Crippen LogP contribution is 2.35. The number of benzene rings is 2. The van der Waals surface area contributed by atoms with Gasteiger partial charge in [0.05, 0.1) is 27.5 Å². The Bertz CT molecular complexity index is 840. The highest BCUT2D eigenvalue weighted by Gasteiger charge is 2.31. The maximum atomic E-state index is 13.2. The minimum absolute atomic E-state index is 0.0874. The van der Waals surface area contributed by atoms with Crippen molar-refractivity contribution in [3.05, 3.63) is 58.1 Å². The smallest absolute Gasteiger partial charge is 0.373 e. The van der Waals surface area contributed by atoms with Crippen molar-refractivity contribution in [1.29, 1.82) is 0 Å². The Labute approximate surface area is 167 Å². The predicted octanol–water partition coefficient (Wildman–Crippen LogP) is 4.97. The van der Waals surface area contributed by atoms with E-state index >= 15 is 0 Å². The van der Waals surface area contributed by atoms with Crippen molar-refractivity contribution in [1.82, 2.24) is 5.32 Å². The fraction of sp³-hybridized carbons (Fsp3) is 0.350. The van der Waals surface area contributed by atoms with E-state index in [1.165, 1.54) is 6.07 Å². The van der Waals surface area contributed by atoms with Crippen LogP contribution in [0.2, 0.25) is 5.02 Å². The molecule has 0 aliphatic heterocycles. The number of rotatable bonds is 7. The van der Waals surface area contributed by atoms with Crippen LogP contribution in [-0.2, 0) is 6.18 Å². The van der Waals surface area contributed by atoms with Gasteiger partial charge >= 0.3 is 6.18 Å². The third-order valence-corrected chi connectivity index (χ3v) is 4.60. The summed E-state index contributed by atoms with van der Waals surface area (Å²) in [6.07, 6.45) is -3.71. The first-order chi connectivity index (χ1) is 13.1. The lowest BCUT2D eigenvalue weighted by Crippen LogP contribution is -2.24. The van der Waals surface area contributed by atoms with E-state index in [4.69, 9.17) is 11.6 Å². The number of hydrogen-bond donors (Lipinski definition) is 2. The van der Waals surface area contributed by atoms with E-state index in [1.54, 1.807) is 32.2 Å². The van der Waals surface area contributed by atoms with Gasteiger partial charge in [-0.25, -0.2) is 0 Å². The molecule has 0 aliphatic carbocycles. The maximum Gasteiger partial charge on any atom is 0.416 e. The lowest BCUT2D eigenvalue weighted by Gasteiger charge is -2.24. The molecule has 2 aromatic carbocycles. The van der Waals surface area contributed by atoms with Crippen molar-refractivity contribution in [2.75, 3.05) is 37.4 Å². The Morgan fingerprint density at radius 1 is 1.18 bits per heavy atom. The largest absolute Gasteiger partial charge is 0.416 e. The molecule has 2 N–H and O–H groups in total. The van der Waals surface area contributed by atoms with E-state index in [1.807, 2.05) is 11.9 Å². The van der Waals surface area contributed by atoms with Crippen LogP contribution >= 0.6 is 11.6 Å². The quantitative estimate of drug-likeness (QED) is 0.630. The van der Waals surface area contributed by atoms with Crippen molar-refractivity contribution in [3.8, 4) is 0 Å². The zero-order chi connectivity index (χ0) is 20.9. The molecular weight excluding hydrogens is 391 g/mol. The van der Waals surface area contributed by atoms with E-state index in [-0.39, 0.29) is 16.3 Å². The van der Waals surface area contributed by atoms with Crippen LogP contribution in [0, 0.1) is 6.92 Å². The van der Waals surface area contributed by atoms with Crippen LogP contribution in [-0.4, -0.2) is 33.1 Å². The number of nitrogens with zero attached hydrogens (tertiary/aromatic N) is 1. The van der Waals surface area contributed by atoms with Crippen LogP contribution in [0.25, 0.3) is 0 Å². The van der Waals surface area contributed by atoms with E-state index in [0.717, 1.165) is 30.7 Å². The third-order valence-electron chi connectivity index (χ3n) is 4.27. The summed E-state index contributed by atoms with van der Waals surface area (Å²) in [6, 6.07) is 8.27. The predicted molar refractivity (Wildman–Crippen MR) is 107 cm³/mol. The zero-order valence-corrected chi connectivity index (χ0v) is 16.7. The van der Waals surface area contributed by atoms with Crippen molar-refractivity contribution in [3.63, 3.8) is 0 Å². The minimum Gasteiger partial charge on any atom is -0.373 e. The first kappa shape index (κ1) is 22.0. The first-order valence-corrected chi connectivity index (χ1v) is 9.15. The SMILES string of the molecule is CNCCCN(C)c1ccc(C(F)(F)F)cc1NC(=O)c1cc(C)ccc1Cl. The summed E-state index contributed by atoms with van der Waals surface area (Å²) in [4.78, 5) is 14.5. The molecule has 0 radical (unpaired) electrons. The van der Waals surface area contributed by atoms with E-state index in [2.05, 4.69) is 10.6 Å². The molecule has 4 nitrogen and oxygen atoms in total. The lowest BCUT2D eigenvalue weighted by molar-refractivity contribution is -0.137. The molecule has 8 heteroatoms. The van der Waals surface area contributed by atoms with Crippen molar-refractivity contribution in [2.24, 2.45) is 0 Å². The summed E-state index contributed by atoms with van der Waals surface area (Å²) in [5.41, 5.74) is 0.793. The van der Waals surface area contributed by atoms with Crippen LogP contribution in [0.3, 0.4) is 0 Å². The fourth-order valence-electron chi connectivity index (χ4n) is 2.76. The van der Waals surface area contributed by atoms with Crippen LogP contribution in [0.5, 0.6) is 0 Å². The molecule has 0 fully saturated rings. The van der Waals surface area contributed by atoms with Gasteiger partial charge in [0.25, 0.3) is 5.91 Å². The molecule has 0 unspecified atom stereocenters. The normalized spacial score (nSPS) is 11.4. The van der Waals surface area contributed by atoms with Gasteiger partial charge in [0.15, 0.2) is 0 Å². The molecular formula is C20H23ClF3N3O. The molecule has 0 spiro atoms. The average molecular weight is 414 g/mol. The standard InChI is InChI=1S/C20H23ClF3N3O/c1-13-5-7-16(21)15(11-13)19(28)26-17-12-14(20(22,23)24)6-8-18(17)27(3)10-4-9-25-2/h5-8,11-12,25H,4,9-10H2,1-3H3,(H,26,28). The monoisotopic (exact) mass is 413 g/mol. The Balaban J connectivity index is 2.37. The number of carbonyl (C=O) groups excluding carboxylic acids is 1. The number of halogens is 4. The molecule has 2 rings (SSSR count). The van der Waals surface area contributed by atoms with Gasteiger partial charge < -0.3 is 15.5 Å². The molecule has 0 heterocycles. The molecule has 0 aliphatic rings. The second-order valence-electron chi connectivity index (χ2n) is 6.55. The van der Waals surface area contributed by atoms with Gasteiger partial charge in [-0.2, -0.15) is 13.2 Å². The molecule has 0 saturated heterocycles. The molecule has 28 heavy (non-hydrogen) atoms. The van der Waals surface area contributed by atoms with Crippen LogP contribution < -0.4 is 15.5 Å². The minimum atomic E-state index is -4.51. The van der Waals surface area contributed by atoms with Gasteiger partial charge in [0, 0.05) is 13.6 Å². The Kier molecular flexibility index (Phi) is 7.32. The molecule has 0 saturated carbocycles. The van der Waals surface area contributed by atoms with Gasteiger partial charge in [-0.15, -0.1) is 0 Å². The Morgan fingerprint density at radius 3 is 2.54 bits per heavy atom. The highest BCUT2D eigenvalue weighted by atomic mass is 35.5. The van der Waals surface area contributed by atoms with Crippen molar-refractivity contribution in [2.45, 2.75) is 19.5 Å². The van der Waals surface area contributed by atoms with Crippen molar-refractivity contribution < 1.29 is 18.0 Å². The Morgan fingerprint density at radius 2 is 1.89 bits per heavy atom. The number of anilines is 2. The number of hydrogen-bond acceptors (Lipinski definition) is 3. The summed E-state index contributed by atoms with van der Waals surface area (Å²) < 4.78 is 39.5. The highest BCUT2D eigenvalue weighted by molar-refractivity contribution is 6.34. The Hall–Kier alpha value is -2.25. The molecule has 0 atom stereocenters. The average Bonchev–Trinajstić information content (AvgIpc) is 2.63. The number of nitrogens with one attached hydrogen (secondary N) is 2. The number of alkyl halides is 3. The van der Waals surface area contributed by atoms with Gasteiger partial charge in [-0.05, 0) is 57.3 Å². The van der Waals surface area contributed by atoms with Gasteiger partial charge in [-0.1, -0.05) is 23.2 Å². The van der Waals surface area contributed by atoms with Gasteiger partial charge in [-0.3, -0.25) is 4.79 Å². The van der Waals surface area contributed by atoms with Crippen LogP contribution in [0.15, 0.2) is 36.4 Å². The number of aryl methyl sites for hydroxylation is 1. The number of amides is 1. The van der Waals surface area contributed by atoms with E-state index in [0.29, 0.717) is 12.2 Å². The molecule has 152 valence electrons. The van der Waals surface area contributed by atoms with Gasteiger partial charge in [0.1, 0.15) is 0 Å². The third kappa shape index (κ3) is 5.62. The lowest BCUT2D eigenvalue weighted by atomic mass is 10.1. The molecule has 1 amide bonds. The van der Waals surface area contributed by atoms with Crippen LogP contribution in [0.1, 0.15) is 27.9 Å². The zero-order valence-electron chi connectivity index (χ0n) is 16.0. The second kappa shape index (κ2) is 9.30. The summed E-state index contributed by atoms with van der Waals surface area (Å²) in [7, 11) is 3.60. The number of carbonyl (C=O) groups is 1. The second-order valence-corrected chi connectivity index (χ2v) is 6.95. The first-order valence-electron chi connectivity index (χ1n) is 8.78. The fourth-order valence-corrected chi connectivity index (χ4v) is 2.96. The summed E-state index contributed by atoms with van der Waals surface area (Å²) in [5, 5.41) is 5.86. The van der Waals surface area contributed by atoms with Gasteiger partial charge in [0.2, 0.25) is 0 Å².